The van der Waals surface area contributed by atoms with Gasteiger partial charge in [0, 0.05) is 13.1 Å². The second-order valence-electron chi connectivity index (χ2n) is 6.62. The predicted octanol–water partition coefficient (Wildman–Crippen LogP) is 3.06. The monoisotopic (exact) mass is 363 g/mol. The third-order valence-corrected chi connectivity index (χ3v) is 4.68. The minimum absolute atomic E-state index is 0.0228. The van der Waals surface area contributed by atoms with Gasteiger partial charge in [-0.25, -0.2) is 0 Å². The molecule has 0 radical (unpaired) electrons. The van der Waals surface area contributed by atoms with Crippen molar-refractivity contribution in [3.05, 3.63) is 78.0 Å². The smallest absolute Gasteiger partial charge is 0.260 e. The highest BCUT2D eigenvalue weighted by atomic mass is 16.5. The highest BCUT2D eigenvalue weighted by Crippen LogP contribution is 2.26. The molecule has 0 saturated carbocycles. The molecule has 2 heterocycles. The minimum atomic E-state index is -0.0228. The van der Waals surface area contributed by atoms with Gasteiger partial charge in [0.1, 0.15) is 5.75 Å². The van der Waals surface area contributed by atoms with E-state index in [2.05, 4.69) is 10.2 Å². The summed E-state index contributed by atoms with van der Waals surface area (Å²) in [7, 11) is 0. The number of hydrogen-bond donors (Lipinski definition) is 0. The van der Waals surface area contributed by atoms with Crippen LogP contribution in [0.2, 0.25) is 0 Å². The number of para-hydroxylation sites is 1. The second-order valence-corrected chi connectivity index (χ2v) is 6.62. The zero-order chi connectivity index (χ0) is 18.5. The summed E-state index contributed by atoms with van der Waals surface area (Å²) in [5.41, 5.74) is 1.13. The molecule has 1 saturated heterocycles. The van der Waals surface area contributed by atoms with Crippen molar-refractivity contribution in [3.8, 4) is 5.75 Å². The van der Waals surface area contributed by atoms with Crippen LogP contribution in [0.25, 0.3) is 0 Å². The number of rotatable bonds is 6. The lowest BCUT2D eigenvalue weighted by molar-refractivity contribution is -0.132. The Labute approximate surface area is 157 Å². The van der Waals surface area contributed by atoms with Gasteiger partial charge in [-0.05, 0) is 24.1 Å². The Morgan fingerprint density at radius 1 is 1.07 bits per heavy atom. The molecule has 0 aliphatic carbocycles. The van der Waals surface area contributed by atoms with E-state index >= 15 is 0 Å². The minimum Gasteiger partial charge on any atom is -0.484 e. The van der Waals surface area contributed by atoms with Crippen molar-refractivity contribution in [2.75, 3.05) is 19.7 Å². The maximum atomic E-state index is 12.4. The SMILES string of the molecule is O=C(COc1ccccc1)N1CC[C@H](c2nnc(Cc3ccccc3)o2)C1. The normalized spacial score (nSPS) is 16.4. The van der Waals surface area contributed by atoms with Crippen LogP contribution in [-0.4, -0.2) is 40.7 Å². The zero-order valence-corrected chi connectivity index (χ0v) is 15.0. The molecule has 3 aromatic rings. The molecule has 1 atom stereocenters. The van der Waals surface area contributed by atoms with Crippen molar-refractivity contribution in [2.24, 2.45) is 0 Å². The van der Waals surface area contributed by atoms with E-state index in [1.54, 1.807) is 4.90 Å². The van der Waals surface area contributed by atoms with Crippen molar-refractivity contribution < 1.29 is 13.9 Å². The van der Waals surface area contributed by atoms with E-state index in [0.29, 0.717) is 37.0 Å². The first-order valence-corrected chi connectivity index (χ1v) is 9.10. The van der Waals surface area contributed by atoms with E-state index in [0.717, 1.165) is 12.0 Å². The molecule has 4 rings (SSSR count). The Morgan fingerprint density at radius 3 is 2.59 bits per heavy atom. The molecular weight excluding hydrogens is 342 g/mol. The molecule has 0 unspecified atom stereocenters. The van der Waals surface area contributed by atoms with Crippen LogP contribution in [0.4, 0.5) is 0 Å². The van der Waals surface area contributed by atoms with Gasteiger partial charge in [0.15, 0.2) is 6.61 Å². The van der Waals surface area contributed by atoms with Crippen LogP contribution >= 0.6 is 0 Å². The molecule has 1 amide bonds. The van der Waals surface area contributed by atoms with E-state index in [4.69, 9.17) is 9.15 Å². The molecule has 1 aliphatic heterocycles. The summed E-state index contributed by atoms with van der Waals surface area (Å²) >= 11 is 0. The lowest BCUT2D eigenvalue weighted by Gasteiger charge is -2.16. The number of likely N-dealkylation sites (tertiary alicyclic amines) is 1. The molecule has 2 aromatic carbocycles. The number of carbonyl (C=O) groups is 1. The molecule has 138 valence electrons. The summed E-state index contributed by atoms with van der Waals surface area (Å²) in [5.74, 6) is 1.98. The average Bonchev–Trinajstić information content (AvgIpc) is 3.37. The molecule has 1 aromatic heterocycles. The first-order chi connectivity index (χ1) is 13.3. The van der Waals surface area contributed by atoms with Crippen molar-refractivity contribution >= 4 is 5.91 Å². The summed E-state index contributed by atoms with van der Waals surface area (Å²) in [6, 6.07) is 19.4. The Bertz CT molecular complexity index is 880. The van der Waals surface area contributed by atoms with Crippen LogP contribution in [0.5, 0.6) is 5.75 Å². The molecule has 1 aliphatic rings. The third kappa shape index (κ3) is 4.34. The lowest BCUT2D eigenvalue weighted by Crippen LogP contribution is -2.32. The molecule has 6 heteroatoms. The Kier molecular flexibility index (Phi) is 5.14. The number of aromatic nitrogens is 2. The van der Waals surface area contributed by atoms with Gasteiger partial charge in [0.25, 0.3) is 5.91 Å². The Hall–Kier alpha value is -3.15. The van der Waals surface area contributed by atoms with Gasteiger partial charge in [0.2, 0.25) is 11.8 Å². The summed E-state index contributed by atoms with van der Waals surface area (Å²) < 4.78 is 11.4. The van der Waals surface area contributed by atoms with Crippen LogP contribution in [0, 0.1) is 0 Å². The van der Waals surface area contributed by atoms with Crippen LogP contribution in [0.1, 0.15) is 29.7 Å². The van der Waals surface area contributed by atoms with Gasteiger partial charge >= 0.3 is 0 Å². The summed E-state index contributed by atoms with van der Waals surface area (Å²) in [4.78, 5) is 14.2. The molecule has 1 fully saturated rings. The van der Waals surface area contributed by atoms with Crippen molar-refractivity contribution in [2.45, 2.75) is 18.8 Å². The number of hydrogen-bond acceptors (Lipinski definition) is 5. The van der Waals surface area contributed by atoms with E-state index in [1.165, 1.54) is 0 Å². The van der Waals surface area contributed by atoms with Gasteiger partial charge in [-0.2, -0.15) is 0 Å². The van der Waals surface area contributed by atoms with Crippen LogP contribution in [0.15, 0.2) is 65.1 Å². The van der Waals surface area contributed by atoms with Crippen molar-refractivity contribution in [1.29, 1.82) is 0 Å². The Morgan fingerprint density at radius 2 is 1.81 bits per heavy atom. The standard InChI is InChI=1S/C21H21N3O3/c25-20(15-26-18-9-5-2-6-10-18)24-12-11-17(14-24)21-23-22-19(27-21)13-16-7-3-1-4-8-16/h1-10,17H,11-15H2/t17-/m0/s1. The number of nitrogens with zero attached hydrogens (tertiary/aromatic N) is 3. The molecule has 6 nitrogen and oxygen atoms in total. The highest BCUT2D eigenvalue weighted by molar-refractivity contribution is 5.78. The third-order valence-electron chi connectivity index (χ3n) is 4.68. The lowest BCUT2D eigenvalue weighted by atomic mass is 10.1. The first-order valence-electron chi connectivity index (χ1n) is 9.10. The fourth-order valence-corrected chi connectivity index (χ4v) is 3.21. The van der Waals surface area contributed by atoms with Gasteiger partial charge < -0.3 is 14.1 Å². The Balaban J connectivity index is 1.31. The molecule has 27 heavy (non-hydrogen) atoms. The van der Waals surface area contributed by atoms with Crippen molar-refractivity contribution in [3.63, 3.8) is 0 Å². The predicted molar refractivity (Wildman–Crippen MR) is 99.4 cm³/mol. The van der Waals surface area contributed by atoms with Crippen LogP contribution < -0.4 is 4.74 Å². The number of benzene rings is 2. The van der Waals surface area contributed by atoms with Crippen molar-refractivity contribution in [1.82, 2.24) is 15.1 Å². The van der Waals surface area contributed by atoms with E-state index in [1.807, 2.05) is 60.7 Å². The van der Waals surface area contributed by atoms with Gasteiger partial charge in [0.05, 0.1) is 12.3 Å². The highest BCUT2D eigenvalue weighted by Gasteiger charge is 2.31. The summed E-state index contributed by atoms with van der Waals surface area (Å²) in [6.07, 6.45) is 1.44. The quantitative estimate of drug-likeness (QED) is 0.673. The fourth-order valence-electron chi connectivity index (χ4n) is 3.21. The number of carbonyl (C=O) groups excluding carboxylic acids is 1. The fraction of sp³-hybridized carbons (Fsp3) is 0.286. The molecule has 0 bridgehead atoms. The van der Waals surface area contributed by atoms with Crippen LogP contribution in [0.3, 0.4) is 0 Å². The van der Waals surface area contributed by atoms with E-state index in [-0.39, 0.29) is 18.4 Å². The van der Waals surface area contributed by atoms with Gasteiger partial charge in [-0.15, -0.1) is 10.2 Å². The molecular formula is C21H21N3O3. The average molecular weight is 363 g/mol. The molecule has 0 N–H and O–H groups in total. The maximum absolute atomic E-state index is 12.4. The van der Waals surface area contributed by atoms with Gasteiger partial charge in [-0.1, -0.05) is 48.5 Å². The number of amides is 1. The topological polar surface area (TPSA) is 68.5 Å². The largest absolute Gasteiger partial charge is 0.484 e. The summed E-state index contributed by atoms with van der Waals surface area (Å²) in [5, 5.41) is 8.35. The van der Waals surface area contributed by atoms with E-state index in [9.17, 15) is 4.79 Å². The second kappa shape index (κ2) is 8.03. The van der Waals surface area contributed by atoms with Crippen LogP contribution in [-0.2, 0) is 11.2 Å². The van der Waals surface area contributed by atoms with E-state index < -0.39 is 0 Å². The summed E-state index contributed by atoms with van der Waals surface area (Å²) in [6.45, 7) is 1.31. The zero-order valence-electron chi connectivity index (χ0n) is 15.0. The first kappa shape index (κ1) is 17.3. The maximum Gasteiger partial charge on any atom is 0.260 e. The van der Waals surface area contributed by atoms with Gasteiger partial charge in [-0.3, -0.25) is 4.79 Å². The number of ether oxygens (including phenoxy) is 1. The molecule has 0 spiro atoms.